The Kier molecular flexibility index (Phi) is 5.36. The summed E-state index contributed by atoms with van der Waals surface area (Å²) in [5, 5.41) is 9.86. The number of hydrogen-bond acceptors (Lipinski definition) is 5. The van der Waals surface area contributed by atoms with Gasteiger partial charge in [0.05, 0.1) is 7.11 Å². The number of halogens is 1. The maximum atomic E-state index is 13.3. The second-order valence-electron chi connectivity index (χ2n) is 6.70. The zero-order valence-electron chi connectivity index (χ0n) is 14.1. The standard InChI is InChI=1S/C18H25FN2O3/c1-24-18(23)16-3-2-8-21(16)15-6-9-20(10-7-15)12-13-11-14(19)4-5-17(13)22/h4-5,11,15-16,22H,2-3,6-10,12H2,1H3/t16-/m0/s1. The molecule has 0 saturated carbocycles. The van der Waals surface area contributed by atoms with Crippen molar-refractivity contribution < 1.29 is 19.0 Å². The van der Waals surface area contributed by atoms with E-state index in [9.17, 15) is 14.3 Å². The maximum Gasteiger partial charge on any atom is 0.323 e. The van der Waals surface area contributed by atoms with Gasteiger partial charge in [-0.15, -0.1) is 0 Å². The molecule has 1 atom stereocenters. The second kappa shape index (κ2) is 7.49. The van der Waals surface area contributed by atoms with Crippen molar-refractivity contribution in [2.24, 2.45) is 0 Å². The summed E-state index contributed by atoms with van der Waals surface area (Å²) in [6.07, 6.45) is 3.87. The Morgan fingerprint density at radius 2 is 2.04 bits per heavy atom. The molecule has 132 valence electrons. The lowest BCUT2D eigenvalue weighted by molar-refractivity contribution is -0.147. The van der Waals surface area contributed by atoms with Crippen molar-refractivity contribution in [3.63, 3.8) is 0 Å². The van der Waals surface area contributed by atoms with Crippen LogP contribution in [-0.2, 0) is 16.1 Å². The Balaban J connectivity index is 1.56. The van der Waals surface area contributed by atoms with Crippen molar-refractivity contribution in [3.8, 4) is 5.75 Å². The summed E-state index contributed by atoms with van der Waals surface area (Å²) >= 11 is 0. The predicted molar refractivity (Wildman–Crippen MR) is 88.1 cm³/mol. The van der Waals surface area contributed by atoms with E-state index in [-0.39, 0.29) is 23.6 Å². The first kappa shape index (κ1) is 17.2. The number of piperidine rings is 1. The summed E-state index contributed by atoms with van der Waals surface area (Å²) in [5.74, 6) is -0.306. The molecule has 24 heavy (non-hydrogen) atoms. The minimum Gasteiger partial charge on any atom is -0.508 e. The number of ether oxygens (including phenoxy) is 1. The fourth-order valence-corrected chi connectivity index (χ4v) is 3.95. The fourth-order valence-electron chi connectivity index (χ4n) is 3.95. The van der Waals surface area contributed by atoms with E-state index >= 15 is 0 Å². The van der Waals surface area contributed by atoms with Gasteiger partial charge in [-0.25, -0.2) is 4.39 Å². The summed E-state index contributed by atoms with van der Waals surface area (Å²) in [6.45, 7) is 3.27. The molecular weight excluding hydrogens is 311 g/mol. The van der Waals surface area contributed by atoms with Gasteiger partial charge < -0.3 is 9.84 Å². The molecule has 0 spiro atoms. The largest absolute Gasteiger partial charge is 0.508 e. The van der Waals surface area contributed by atoms with E-state index < -0.39 is 0 Å². The molecule has 1 aromatic carbocycles. The number of phenolic OH excluding ortho intramolecular Hbond substituents is 1. The van der Waals surface area contributed by atoms with Gasteiger partial charge in [0.1, 0.15) is 17.6 Å². The van der Waals surface area contributed by atoms with Crippen LogP contribution in [0.3, 0.4) is 0 Å². The van der Waals surface area contributed by atoms with Gasteiger partial charge in [0.2, 0.25) is 0 Å². The van der Waals surface area contributed by atoms with E-state index in [0.717, 1.165) is 45.3 Å². The van der Waals surface area contributed by atoms with Crippen LogP contribution in [0.15, 0.2) is 18.2 Å². The Morgan fingerprint density at radius 3 is 2.75 bits per heavy atom. The third-order valence-corrected chi connectivity index (χ3v) is 5.23. The van der Waals surface area contributed by atoms with Crippen LogP contribution in [0.25, 0.3) is 0 Å². The lowest BCUT2D eigenvalue weighted by Crippen LogP contribution is -2.48. The molecule has 6 heteroatoms. The molecule has 5 nitrogen and oxygen atoms in total. The quantitative estimate of drug-likeness (QED) is 0.854. The number of hydrogen-bond donors (Lipinski definition) is 1. The molecule has 1 aromatic rings. The van der Waals surface area contributed by atoms with Crippen LogP contribution in [0.4, 0.5) is 4.39 Å². The Hall–Kier alpha value is -1.66. The van der Waals surface area contributed by atoms with Crippen molar-refractivity contribution in [1.82, 2.24) is 9.80 Å². The Morgan fingerprint density at radius 1 is 1.29 bits per heavy atom. The fraction of sp³-hybridized carbons (Fsp3) is 0.611. The van der Waals surface area contributed by atoms with E-state index in [4.69, 9.17) is 4.74 Å². The molecule has 0 amide bonds. The van der Waals surface area contributed by atoms with Gasteiger partial charge >= 0.3 is 5.97 Å². The number of nitrogens with zero attached hydrogens (tertiary/aromatic N) is 2. The van der Waals surface area contributed by atoms with Gasteiger partial charge in [-0.05, 0) is 63.5 Å². The van der Waals surface area contributed by atoms with E-state index in [1.54, 1.807) is 0 Å². The molecule has 2 saturated heterocycles. The van der Waals surface area contributed by atoms with Gasteiger partial charge in [0, 0.05) is 18.2 Å². The number of carbonyl (C=O) groups excluding carboxylic acids is 1. The first-order valence-electron chi connectivity index (χ1n) is 8.62. The van der Waals surface area contributed by atoms with Gasteiger partial charge in [0.15, 0.2) is 0 Å². The first-order valence-corrected chi connectivity index (χ1v) is 8.62. The molecule has 0 unspecified atom stereocenters. The summed E-state index contributed by atoms with van der Waals surface area (Å²) in [4.78, 5) is 16.4. The topological polar surface area (TPSA) is 53.0 Å². The second-order valence-corrected chi connectivity index (χ2v) is 6.70. The van der Waals surface area contributed by atoms with Crippen LogP contribution < -0.4 is 0 Å². The van der Waals surface area contributed by atoms with Crippen LogP contribution in [0.2, 0.25) is 0 Å². The number of phenols is 1. The average Bonchev–Trinajstić information content (AvgIpc) is 3.08. The summed E-state index contributed by atoms with van der Waals surface area (Å²) in [7, 11) is 1.45. The SMILES string of the molecule is COC(=O)[C@@H]1CCCN1C1CCN(Cc2cc(F)ccc2O)CC1. The lowest BCUT2D eigenvalue weighted by atomic mass is 10.0. The monoisotopic (exact) mass is 336 g/mol. The predicted octanol–water partition coefficient (Wildman–Crippen LogP) is 2.13. The van der Waals surface area contributed by atoms with E-state index in [2.05, 4.69) is 9.80 Å². The van der Waals surface area contributed by atoms with Gasteiger partial charge in [-0.1, -0.05) is 0 Å². The molecule has 2 fully saturated rings. The van der Waals surface area contributed by atoms with Crippen LogP contribution in [-0.4, -0.2) is 59.7 Å². The third kappa shape index (κ3) is 3.70. The minimum absolute atomic E-state index is 0.0983. The van der Waals surface area contributed by atoms with Gasteiger partial charge in [0.25, 0.3) is 0 Å². The highest BCUT2D eigenvalue weighted by Gasteiger charge is 2.37. The zero-order chi connectivity index (χ0) is 17.1. The van der Waals surface area contributed by atoms with Crippen LogP contribution in [0.5, 0.6) is 5.75 Å². The number of carbonyl (C=O) groups is 1. The summed E-state index contributed by atoms with van der Waals surface area (Å²) in [6, 6.07) is 4.37. The number of aromatic hydroxyl groups is 1. The van der Waals surface area contributed by atoms with Crippen molar-refractivity contribution in [2.75, 3.05) is 26.7 Å². The highest BCUT2D eigenvalue weighted by molar-refractivity contribution is 5.76. The van der Waals surface area contributed by atoms with Crippen LogP contribution in [0.1, 0.15) is 31.2 Å². The smallest absolute Gasteiger partial charge is 0.323 e. The Labute approximate surface area is 142 Å². The van der Waals surface area contributed by atoms with Crippen molar-refractivity contribution in [1.29, 1.82) is 0 Å². The minimum atomic E-state index is -0.323. The Bertz CT molecular complexity index is 588. The highest BCUT2D eigenvalue weighted by Crippen LogP contribution is 2.28. The molecule has 2 aliphatic heterocycles. The number of methoxy groups -OCH3 is 1. The molecule has 1 N–H and O–H groups in total. The first-order chi connectivity index (χ1) is 11.6. The number of likely N-dealkylation sites (tertiary alicyclic amines) is 2. The maximum absolute atomic E-state index is 13.3. The lowest BCUT2D eigenvalue weighted by Gasteiger charge is -2.38. The summed E-state index contributed by atoms with van der Waals surface area (Å²) < 4.78 is 18.3. The summed E-state index contributed by atoms with van der Waals surface area (Å²) in [5.41, 5.74) is 0.627. The molecule has 0 aromatic heterocycles. The molecule has 2 heterocycles. The highest BCUT2D eigenvalue weighted by atomic mass is 19.1. The van der Waals surface area contributed by atoms with Crippen LogP contribution >= 0.6 is 0 Å². The van der Waals surface area contributed by atoms with E-state index in [0.29, 0.717) is 18.2 Å². The molecular formula is C18H25FN2O3. The van der Waals surface area contributed by atoms with Gasteiger partial charge in [-0.2, -0.15) is 0 Å². The average molecular weight is 336 g/mol. The van der Waals surface area contributed by atoms with Crippen molar-refractivity contribution in [2.45, 2.75) is 44.3 Å². The van der Waals surface area contributed by atoms with Gasteiger partial charge in [-0.3, -0.25) is 14.6 Å². The molecule has 0 radical (unpaired) electrons. The van der Waals surface area contributed by atoms with E-state index in [1.165, 1.54) is 25.3 Å². The number of esters is 1. The molecule has 2 aliphatic rings. The normalized spacial score (nSPS) is 23.5. The molecule has 0 aliphatic carbocycles. The van der Waals surface area contributed by atoms with Crippen molar-refractivity contribution >= 4 is 5.97 Å². The third-order valence-electron chi connectivity index (χ3n) is 5.23. The van der Waals surface area contributed by atoms with E-state index in [1.807, 2.05) is 0 Å². The zero-order valence-corrected chi connectivity index (χ0v) is 14.1. The van der Waals surface area contributed by atoms with Crippen molar-refractivity contribution in [3.05, 3.63) is 29.6 Å². The number of benzene rings is 1. The molecule has 0 bridgehead atoms. The van der Waals surface area contributed by atoms with Crippen LogP contribution in [0, 0.1) is 5.82 Å². The number of rotatable bonds is 4. The molecule has 3 rings (SSSR count).